The van der Waals surface area contributed by atoms with Gasteiger partial charge in [0.05, 0.1) is 12.2 Å². The number of rotatable bonds is 5. The lowest BCUT2D eigenvalue weighted by molar-refractivity contribution is -0.134. The van der Waals surface area contributed by atoms with E-state index in [9.17, 15) is 4.79 Å². The normalized spacial score (nSPS) is 37.1. The van der Waals surface area contributed by atoms with Crippen molar-refractivity contribution in [1.29, 1.82) is 0 Å². The molecule has 2 heterocycles. The third kappa shape index (κ3) is 2.50. The maximum Gasteiger partial charge on any atom is 0.246 e. The largest absolute Gasteiger partial charge is 0.373 e. The number of nitrogens with zero attached hydrogens (tertiary/aromatic N) is 2. The molecule has 2 bridgehead atoms. The Bertz CT molecular complexity index is 374. The van der Waals surface area contributed by atoms with Gasteiger partial charge >= 0.3 is 0 Å². The lowest BCUT2D eigenvalue weighted by atomic mass is 9.87. The molecule has 3 fully saturated rings. The van der Waals surface area contributed by atoms with Crippen molar-refractivity contribution in [2.24, 2.45) is 0 Å². The van der Waals surface area contributed by atoms with Gasteiger partial charge in [-0.25, -0.2) is 0 Å². The number of likely N-dealkylation sites (N-methyl/N-ethyl adjacent to an activating group) is 2. The number of ether oxygens (including phenoxy) is 1. The summed E-state index contributed by atoms with van der Waals surface area (Å²) in [6.45, 7) is 1.67. The van der Waals surface area contributed by atoms with Gasteiger partial charge in [0.1, 0.15) is 0 Å². The lowest BCUT2D eigenvalue weighted by Crippen LogP contribution is -2.51. The Balaban J connectivity index is 1.54. The average Bonchev–Trinajstić information content (AvgIpc) is 3.07. The molecule has 0 aromatic rings. The Hall–Kier alpha value is -0.320. The second kappa shape index (κ2) is 4.90. The zero-order chi connectivity index (χ0) is 13.6. The minimum atomic E-state index is -0.796. The van der Waals surface area contributed by atoms with Gasteiger partial charge in [0.2, 0.25) is 5.91 Å². The molecular formula is C14H23ClN2O2. The lowest BCUT2D eigenvalue weighted by Gasteiger charge is -2.32. The van der Waals surface area contributed by atoms with Gasteiger partial charge in [-0.05, 0) is 32.7 Å². The summed E-state index contributed by atoms with van der Waals surface area (Å²) in [6.07, 6.45) is 5.39. The highest BCUT2D eigenvalue weighted by Crippen LogP contribution is 2.46. The molecule has 0 spiro atoms. The quantitative estimate of drug-likeness (QED) is 0.718. The summed E-state index contributed by atoms with van der Waals surface area (Å²) in [5.41, 5.74) is 0. The first-order valence-electron chi connectivity index (χ1n) is 7.31. The highest BCUT2D eigenvalue weighted by atomic mass is 35.5. The predicted molar refractivity (Wildman–Crippen MR) is 74.4 cm³/mol. The Labute approximate surface area is 120 Å². The summed E-state index contributed by atoms with van der Waals surface area (Å²) in [6, 6.07) is 0.735. The molecule has 2 saturated heterocycles. The fourth-order valence-corrected chi connectivity index (χ4v) is 3.78. The molecule has 1 amide bonds. The number of fused-ring (bicyclic) bond motifs is 2. The van der Waals surface area contributed by atoms with Crippen molar-refractivity contribution in [3.8, 4) is 0 Å². The summed E-state index contributed by atoms with van der Waals surface area (Å²) in [5.74, 6) is 0.0468. The molecule has 3 rings (SSSR count). The summed E-state index contributed by atoms with van der Waals surface area (Å²) in [7, 11) is 3.99. The number of halogens is 1. The number of carbonyl (C=O) groups excluding carboxylic acids is 1. The molecule has 5 heteroatoms. The minimum Gasteiger partial charge on any atom is -0.373 e. The second-order valence-corrected chi connectivity index (χ2v) is 7.00. The average molecular weight is 287 g/mol. The summed E-state index contributed by atoms with van der Waals surface area (Å²) >= 11 is 6.57. The molecule has 1 saturated carbocycles. The first kappa shape index (κ1) is 13.7. The SMILES string of the molecule is CN(CCN(C)C1CC1)C(=O)C1(Cl)CC2CCC1O2. The molecule has 19 heavy (non-hydrogen) atoms. The molecule has 3 unspecified atom stereocenters. The Kier molecular flexibility index (Phi) is 3.52. The monoisotopic (exact) mass is 286 g/mol. The fraction of sp³-hybridized carbons (Fsp3) is 0.929. The van der Waals surface area contributed by atoms with E-state index >= 15 is 0 Å². The van der Waals surface area contributed by atoms with Crippen molar-refractivity contribution in [3.63, 3.8) is 0 Å². The van der Waals surface area contributed by atoms with Gasteiger partial charge in [-0.2, -0.15) is 0 Å². The molecule has 0 aromatic heterocycles. The van der Waals surface area contributed by atoms with Crippen molar-refractivity contribution < 1.29 is 9.53 Å². The van der Waals surface area contributed by atoms with Crippen LogP contribution in [0.3, 0.4) is 0 Å². The van der Waals surface area contributed by atoms with E-state index in [1.54, 1.807) is 4.90 Å². The van der Waals surface area contributed by atoms with E-state index in [0.29, 0.717) is 6.42 Å². The van der Waals surface area contributed by atoms with Crippen LogP contribution in [0.25, 0.3) is 0 Å². The van der Waals surface area contributed by atoms with Crippen molar-refractivity contribution >= 4 is 17.5 Å². The van der Waals surface area contributed by atoms with Crippen LogP contribution in [0, 0.1) is 0 Å². The minimum absolute atomic E-state index is 0.0468. The Morgan fingerprint density at radius 2 is 2.00 bits per heavy atom. The molecule has 0 radical (unpaired) electrons. The van der Waals surface area contributed by atoms with E-state index in [0.717, 1.165) is 32.0 Å². The van der Waals surface area contributed by atoms with E-state index < -0.39 is 4.87 Å². The third-order valence-corrected chi connectivity index (χ3v) is 5.36. The van der Waals surface area contributed by atoms with Gasteiger partial charge in [0.15, 0.2) is 4.87 Å². The maximum absolute atomic E-state index is 12.6. The van der Waals surface area contributed by atoms with E-state index in [4.69, 9.17) is 16.3 Å². The van der Waals surface area contributed by atoms with Crippen molar-refractivity contribution in [2.45, 2.75) is 55.2 Å². The van der Waals surface area contributed by atoms with Crippen LogP contribution in [-0.4, -0.2) is 66.0 Å². The second-order valence-electron chi connectivity index (χ2n) is 6.33. The predicted octanol–water partition coefficient (Wildman–Crippen LogP) is 1.47. The van der Waals surface area contributed by atoms with E-state index in [1.165, 1.54) is 12.8 Å². The summed E-state index contributed by atoms with van der Waals surface area (Å²) in [4.78, 5) is 15.9. The maximum atomic E-state index is 12.6. The van der Waals surface area contributed by atoms with Crippen LogP contribution >= 0.6 is 11.6 Å². The summed E-state index contributed by atoms with van der Waals surface area (Å²) < 4.78 is 5.74. The van der Waals surface area contributed by atoms with Crippen molar-refractivity contribution in [2.75, 3.05) is 27.2 Å². The molecule has 108 valence electrons. The van der Waals surface area contributed by atoms with E-state index in [-0.39, 0.29) is 18.1 Å². The molecule has 1 aliphatic carbocycles. The van der Waals surface area contributed by atoms with Crippen LogP contribution in [0.1, 0.15) is 32.1 Å². The zero-order valence-corrected chi connectivity index (χ0v) is 12.5. The van der Waals surface area contributed by atoms with Crippen LogP contribution in [0.2, 0.25) is 0 Å². The molecule has 0 aromatic carbocycles. The first-order chi connectivity index (χ1) is 9.00. The molecule has 3 aliphatic rings. The van der Waals surface area contributed by atoms with Crippen molar-refractivity contribution in [3.05, 3.63) is 0 Å². The van der Waals surface area contributed by atoms with Gasteiger partial charge in [-0.15, -0.1) is 11.6 Å². The van der Waals surface area contributed by atoms with Gasteiger partial charge in [0, 0.05) is 32.6 Å². The van der Waals surface area contributed by atoms with E-state index in [1.807, 2.05) is 7.05 Å². The molecule has 3 atom stereocenters. The number of hydrogen-bond acceptors (Lipinski definition) is 3. The van der Waals surface area contributed by atoms with Gasteiger partial charge < -0.3 is 14.5 Å². The topological polar surface area (TPSA) is 32.8 Å². The molecule has 2 aliphatic heterocycles. The number of alkyl halides is 1. The molecule has 4 nitrogen and oxygen atoms in total. The van der Waals surface area contributed by atoms with Gasteiger partial charge in [0.25, 0.3) is 0 Å². The number of hydrogen-bond donors (Lipinski definition) is 0. The molecular weight excluding hydrogens is 264 g/mol. The smallest absolute Gasteiger partial charge is 0.246 e. The third-order valence-electron chi connectivity index (χ3n) is 4.80. The van der Waals surface area contributed by atoms with Crippen LogP contribution < -0.4 is 0 Å². The standard InChI is InChI=1S/C14H23ClN2O2/c1-16(10-3-4-10)7-8-17(2)13(18)14(15)9-11-5-6-12(14)19-11/h10-12H,3-9H2,1-2H3. The first-order valence-corrected chi connectivity index (χ1v) is 7.68. The van der Waals surface area contributed by atoms with Gasteiger partial charge in [-0.3, -0.25) is 4.79 Å². The van der Waals surface area contributed by atoms with Crippen LogP contribution in [0.15, 0.2) is 0 Å². The Morgan fingerprint density at radius 1 is 1.26 bits per heavy atom. The van der Waals surface area contributed by atoms with Crippen LogP contribution in [0.5, 0.6) is 0 Å². The summed E-state index contributed by atoms with van der Waals surface area (Å²) in [5, 5.41) is 0. The zero-order valence-electron chi connectivity index (χ0n) is 11.8. The van der Waals surface area contributed by atoms with E-state index in [2.05, 4.69) is 11.9 Å². The highest BCUT2D eigenvalue weighted by molar-refractivity contribution is 6.35. The van der Waals surface area contributed by atoms with Gasteiger partial charge in [-0.1, -0.05) is 0 Å². The van der Waals surface area contributed by atoms with Crippen molar-refractivity contribution in [1.82, 2.24) is 9.80 Å². The number of amides is 1. The number of carbonyl (C=O) groups is 1. The van der Waals surface area contributed by atoms with Crippen LogP contribution in [0.4, 0.5) is 0 Å². The van der Waals surface area contributed by atoms with Crippen LogP contribution in [-0.2, 0) is 9.53 Å². The molecule has 0 N–H and O–H groups in total. The fourth-order valence-electron chi connectivity index (χ4n) is 3.30. The Morgan fingerprint density at radius 3 is 2.53 bits per heavy atom. The highest BCUT2D eigenvalue weighted by Gasteiger charge is 2.56.